The molecule has 1 aliphatic heterocycles. The lowest BCUT2D eigenvalue weighted by molar-refractivity contribution is 0.0698. The van der Waals surface area contributed by atoms with E-state index in [1.54, 1.807) is 14.2 Å². The van der Waals surface area contributed by atoms with Gasteiger partial charge in [0.05, 0.1) is 20.3 Å². The molecule has 1 aromatic rings. The van der Waals surface area contributed by atoms with E-state index in [4.69, 9.17) is 9.47 Å². The number of hydrogen-bond acceptors (Lipinski definition) is 4. The molecule has 4 heteroatoms. The van der Waals surface area contributed by atoms with E-state index in [1.807, 2.05) is 18.2 Å². The zero-order chi connectivity index (χ0) is 15.4. The Morgan fingerprint density at radius 2 is 1.76 bits per heavy atom. The highest BCUT2D eigenvalue weighted by Gasteiger charge is 2.24. The molecule has 1 aromatic carbocycles. The van der Waals surface area contributed by atoms with Crippen molar-refractivity contribution in [2.24, 2.45) is 11.8 Å². The third-order valence-corrected chi connectivity index (χ3v) is 4.17. The molecule has 118 valence electrons. The first kappa shape index (κ1) is 16.1. The Labute approximate surface area is 127 Å². The van der Waals surface area contributed by atoms with Crippen molar-refractivity contribution in [3.63, 3.8) is 0 Å². The number of ether oxygens (including phenoxy) is 2. The van der Waals surface area contributed by atoms with Gasteiger partial charge in [0.15, 0.2) is 11.5 Å². The van der Waals surface area contributed by atoms with Gasteiger partial charge >= 0.3 is 0 Å². The maximum absolute atomic E-state index is 10.5. The van der Waals surface area contributed by atoms with Gasteiger partial charge in [-0.3, -0.25) is 4.90 Å². The summed E-state index contributed by atoms with van der Waals surface area (Å²) < 4.78 is 10.5. The number of aliphatic hydroxyl groups excluding tert-OH is 1. The van der Waals surface area contributed by atoms with Gasteiger partial charge in [0.1, 0.15) is 0 Å². The topological polar surface area (TPSA) is 41.9 Å². The Morgan fingerprint density at radius 1 is 1.14 bits per heavy atom. The monoisotopic (exact) mass is 293 g/mol. The Hall–Kier alpha value is -1.26. The summed E-state index contributed by atoms with van der Waals surface area (Å²) in [4.78, 5) is 2.36. The van der Waals surface area contributed by atoms with Gasteiger partial charge in [0.25, 0.3) is 0 Å². The van der Waals surface area contributed by atoms with E-state index in [-0.39, 0.29) is 0 Å². The minimum Gasteiger partial charge on any atom is -0.493 e. The predicted octanol–water partition coefficient (Wildman–Crippen LogP) is 2.72. The van der Waals surface area contributed by atoms with Gasteiger partial charge in [0, 0.05) is 19.6 Å². The molecule has 3 unspecified atom stereocenters. The summed E-state index contributed by atoms with van der Waals surface area (Å²) in [6, 6.07) is 5.61. The van der Waals surface area contributed by atoms with Crippen LogP contribution in [-0.4, -0.2) is 43.9 Å². The fraction of sp³-hybridized carbons (Fsp3) is 0.647. The Morgan fingerprint density at radius 3 is 2.33 bits per heavy atom. The number of rotatable bonds is 5. The lowest BCUT2D eigenvalue weighted by Crippen LogP contribution is -2.40. The van der Waals surface area contributed by atoms with Crippen molar-refractivity contribution in [1.82, 2.24) is 4.90 Å². The van der Waals surface area contributed by atoms with Gasteiger partial charge in [-0.05, 0) is 36.0 Å². The van der Waals surface area contributed by atoms with E-state index in [0.29, 0.717) is 29.9 Å². The minimum atomic E-state index is -0.498. The minimum absolute atomic E-state index is 0.498. The van der Waals surface area contributed by atoms with Gasteiger partial charge in [-0.25, -0.2) is 0 Å². The van der Waals surface area contributed by atoms with Crippen LogP contribution in [-0.2, 0) is 0 Å². The molecule has 1 fully saturated rings. The van der Waals surface area contributed by atoms with Crippen LogP contribution in [0.5, 0.6) is 11.5 Å². The van der Waals surface area contributed by atoms with Crippen molar-refractivity contribution in [2.45, 2.75) is 26.4 Å². The second-order valence-corrected chi connectivity index (χ2v) is 6.29. The number of hydrogen-bond donors (Lipinski definition) is 1. The van der Waals surface area contributed by atoms with Gasteiger partial charge in [0.2, 0.25) is 0 Å². The van der Waals surface area contributed by atoms with E-state index < -0.39 is 6.10 Å². The normalized spacial score (nSPS) is 24.6. The molecule has 4 nitrogen and oxygen atoms in total. The maximum Gasteiger partial charge on any atom is 0.161 e. The summed E-state index contributed by atoms with van der Waals surface area (Å²) in [7, 11) is 3.23. The largest absolute Gasteiger partial charge is 0.493 e. The van der Waals surface area contributed by atoms with E-state index in [2.05, 4.69) is 18.7 Å². The van der Waals surface area contributed by atoms with E-state index in [1.165, 1.54) is 6.42 Å². The van der Waals surface area contributed by atoms with Crippen molar-refractivity contribution in [1.29, 1.82) is 0 Å². The van der Waals surface area contributed by atoms with Crippen LogP contribution in [0.25, 0.3) is 0 Å². The number of likely N-dealkylation sites (tertiary alicyclic amines) is 1. The smallest absolute Gasteiger partial charge is 0.161 e. The quantitative estimate of drug-likeness (QED) is 0.906. The molecule has 0 amide bonds. The molecule has 0 aromatic heterocycles. The molecule has 1 aliphatic rings. The number of benzene rings is 1. The molecule has 21 heavy (non-hydrogen) atoms. The Kier molecular flexibility index (Phi) is 5.48. The fourth-order valence-electron chi connectivity index (χ4n) is 3.35. The third kappa shape index (κ3) is 4.11. The first-order chi connectivity index (χ1) is 10.0. The zero-order valence-electron chi connectivity index (χ0n) is 13.5. The Bertz CT molecular complexity index is 453. The van der Waals surface area contributed by atoms with Crippen molar-refractivity contribution in [2.75, 3.05) is 33.9 Å². The highest BCUT2D eigenvalue weighted by molar-refractivity contribution is 5.43. The summed E-state index contributed by atoms with van der Waals surface area (Å²) in [5.41, 5.74) is 0.874. The summed E-state index contributed by atoms with van der Waals surface area (Å²) in [6.45, 7) is 7.37. The molecule has 1 heterocycles. The van der Waals surface area contributed by atoms with Crippen molar-refractivity contribution in [3.05, 3.63) is 23.8 Å². The summed E-state index contributed by atoms with van der Waals surface area (Å²) >= 11 is 0. The molecule has 0 radical (unpaired) electrons. The van der Waals surface area contributed by atoms with Crippen molar-refractivity contribution in [3.8, 4) is 11.5 Å². The van der Waals surface area contributed by atoms with Gasteiger partial charge in [-0.15, -0.1) is 0 Å². The van der Waals surface area contributed by atoms with E-state index in [9.17, 15) is 5.11 Å². The average Bonchev–Trinajstić information content (AvgIpc) is 2.45. The molecule has 2 rings (SSSR count). The molecular weight excluding hydrogens is 266 g/mol. The molecule has 0 bridgehead atoms. The van der Waals surface area contributed by atoms with Crippen molar-refractivity contribution >= 4 is 0 Å². The van der Waals surface area contributed by atoms with Gasteiger partial charge in [-0.1, -0.05) is 19.9 Å². The fourth-order valence-corrected chi connectivity index (χ4v) is 3.35. The van der Waals surface area contributed by atoms with Crippen LogP contribution in [0.2, 0.25) is 0 Å². The maximum atomic E-state index is 10.5. The van der Waals surface area contributed by atoms with Crippen LogP contribution < -0.4 is 9.47 Å². The summed E-state index contributed by atoms with van der Waals surface area (Å²) in [5, 5.41) is 10.5. The van der Waals surface area contributed by atoms with Crippen LogP contribution in [0.1, 0.15) is 31.9 Å². The highest BCUT2D eigenvalue weighted by Crippen LogP contribution is 2.31. The molecule has 3 atom stereocenters. The van der Waals surface area contributed by atoms with Crippen LogP contribution in [0.3, 0.4) is 0 Å². The highest BCUT2D eigenvalue weighted by atomic mass is 16.5. The molecule has 0 saturated carbocycles. The summed E-state index contributed by atoms with van der Waals surface area (Å²) in [6.07, 6.45) is 0.783. The number of β-amino-alcohol motifs (C(OH)–C–C–N with tert-alkyl or cyclic N) is 1. The zero-order valence-corrected chi connectivity index (χ0v) is 13.5. The molecule has 1 saturated heterocycles. The third-order valence-electron chi connectivity index (χ3n) is 4.17. The van der Waals surface area contributed by atoms with Crippen LogP contribution in [0.15, 0.2) is 18.2 Å². The lowest BCUT2D eigenvalue weighted by Gasteiger charge is -2.36. The Balaban J connectivity index is 2.04. The second-order valence-electron chi connectivity index (χ2n) is 6.29. The number of methoxy groups -OCH3 is 2. The number of nitrogens with zero attached hydrogens (tertiary/aromatic N) is 1. The standard InChI is InChI=1S/C17H27NO3/c1-12-7-13(2)10-18(9-12)11-15(19)14-5-6-16(20-3)17(8-14)21-4/h5-6,8,12-13,15,19H,7,9-11H2,1-4H3. The first-order valence-corrected chi connectivity index (χ1v) is 7.65. The average molecular weight is 293 g/mol. The van der Waals surface area contributed by atoms with E-state index in [0.717, 1.165) is 18.7 Å². The lowest BCUT2D eigenvalue weighted by atomic mass is 9.91. The van der Waals surface area contributed by atoms with Crippen LogP contribution >= 0.6 is 0 Å². The molecule has 1 N–H and O–H groups in total. The molecule has 0 spiro atoms. The van der Waals surface area contributed by atoms with Gasteiger partial charge < -0.3 is 14.6 Å². The van der Waals surface area contributed by atoms with E-state index >= 15 is 0 Å². The SMILES string of the molecule is COc1ccc(C(O)CN2CC(C)CC(C)C2)cc1OC. The van der Waals surface area contributed by atoms with Crippen molar-refractivity contribution < 1.29 is 14.6 Å². The predicted molar refractivity (Wildman–Crippen MR) is 83.9 cm³/mol. The first-order valence-electron chi connectivity index (χ1n) is 7.65. The summed E-state index contributed by atoms with van der Waals surface area (Å²) in [5.74, 6) is 2.75. The second kappa shape index (κ2) is 7.14. The van der Waals surface area contributed by atoms with Crippen LogP contribution in [0.4, 0.5) is 0 Å². The van der Waals surface area contributed by atoms with Crippen LogP contribution in [0, 0.1) is 11.8 Å². The molecule has 0 aliphatic carbocycles. The molecular formula is C17H27NO3. The van der Waals surface area contributed by atoms with Gasteiger partial charge in [-0.2, -0.15) is 0 Å². The number of piperidine rings is 1. The number of aliphatic hydroxyl groups is 1.